The number of hydrogen-bond acceptors (Lipinski definition) is 3. The Morgan fingerprint density at radius 1 is 1.23 bits per heavy atom. The highest BCUT2D eigenvalue weighted by molar-refractivity contribution is 8.17. The number of benzene rings is 2. The van der Waals surface area contributed by atoms with Crippen LogP contribution in [0.2, 0.25) is 0 Å². The molecule has 0 spiro atoms. The van der Waals surface area contributed by atoms with Crippen LogP contribution in [0.25, 0.3) is 17.1 Å². The number of nitrogens with one attached hydrogen (secondary N) is 1. The highest BCUT2D eigenvalue weighted by atomic mass is 32.2. The zero-order valence-corrected chi connectivity index (χ0v) is 15.7. The van der Waals surface area contributed by atoms with Gasteiger partial charge in [-0.1, -0.05) is 49.4 Å². The molecule has 0 amide bonds. The molecule has 0 saturated carbocycles. The fourth-order valence-electron chi connectivity index (χ4n) is 3.00. The molecular weight excluding hydrogens is 340 g/mol. The van der Waals surface area contributed by atoms with E-state index in [1.165, 1.54) is 23.3 Å². The lowest BCUT2D eigenvalue weighted by atomic mass is 10.2. The summed E-state index contributed by atoms with van der Waals surface area (Å²) in [6.45, 7) is 4.21. The van der Waals surface area contributed by atoms with Crippen molar-refractivity contribution in [3.05, 3.63) is 65.3 Å². The van der Waals surface area contributed by atoms with Gasteiger partial charge >= 0.3 is 0 Å². The summed E-state index contributed by atoms with van der Waals surface area (Å²) in [5.41, 5.74) is 4.28. The summed E-state index contributed by atoms with van der Waals surface area (Å²) in [5.74, 6) is 0. The van der Waals surface area contributed by atoms with E-state index in [1.807, 2.05) is 18.2 Å². The molecule has 1 saturated heterocycles. The third kappa shape index (κ3) is 3.83. The Kier molecular flexibility index (Phi) is 5.07. The van der Waals surface area contributed by atoms with Crippen LogP contribution in [0.15, 0.2) is 64.8 Å². The van der Waals surface area contributed by atoms with Gasteiger partial charge in [0.05, 0.1) is 29.6 Å². The van der Waals surface area contributed by atoms with E-state index >= 15 is 0 Å². The minimum Gasteiger partial charge on any atom is -0.346 e. The van der Waals surface area contributed by atoms with Crippen molar-refractivity contribution in [3.8, 4) is 0 Å². The number of nitrogens with zero attached hydrogens (tertiary/aromatic N) is 3. The maximum atomic E-state index is 4.87. The number of amidine groups is 1. The number of H-pyrrole nitrogens is 1. The number of thioether (sulfide) groups is 1. The van der Waals surface area contributed by atoms with Gasteiger partial charge in [0.2, 0.25) is 0 Å². The Balaban J connectivity index is 1.60. The molecule has 132 valence electrons. The third-order valence-corrected chi connectivity index (χ3v) is 5.42. The van der Waals surface area contributed by atoms with Gasteiger partial charge in [-0.15, -0.1) is 0 Å². The standard InChI is InChI=1S/C21H22N4S/c1-2-3-11-25-14-18(26-21(25)24-17-7-5-4-6-8-17)12-16-9-10-19-20(13-16)23-15-22-19/h4-10,12-13,15H,2-3,11,14H2,1H3,(H,22,23)/b18-12-,24-21?. The maximum Gasteiger partial charge on any atom is 0.169 e. The Morgan fingerprint density at radius 3 is 2.96 bits per heavy atom. The molecule has 3 aromatic rings. The van der Waals surface area contributed by atoms with E-state index in [4.69, 9.17) is 4.99 Å². The smallest absolute Gasteiger partial charge is 0.169 e. The first-order valence-corrected chi connectivity index (χ1v) is 9.84. The van der Waals surface area contributed by atoms with E-state index in [-0.39, 0.29) is 0 Å². The topological polar surface area (TPSA) is 44.3 Å². The van der Waals surface area contributed by atoms with Gasteiger partial charge in [-0.05, 0) is 42.3 Å². The zero-order valence-electron chi connectivity index (χ0n) is 14.9. The first kappa shape index (κ1) is 16.9. The summed E-state index contributed by atoms with van der Waals surface area (Å²) in [7, 11) is 0. The molecular formula is C21H22N4S. The summed E-state index contributed by atoms with van der Waals surface area (Å²) in [5, 5.41) is 1.10. The second kappa shape index (κ2) is 7.79. The van der Waals surface area contributed by atoms with Crippen LogP contribution >= 0.6 is 11.8 Å². The van der Waals surface area contributed by atoms with Crippen molar-refractivity contribution in [2.75, 3.05) is 13.1 Å². The number of aromatic amines is 1. The van der Waals surface area contributed by atoms with E-state index < -0.39 is 0 Å². The maximum absolute atomic E-state index is 4.87. The van der Waals surface area contributed by atoms with E-state index in [1.54, 1.807) is 18.1 Å². The van der Waals surface area contributed by atoms with Crippen molar-refractivity contribution < 1.29 is 0 Å². The predicted molar refractivity (Wildman–Crippen MR) is 112 cm³/mol. The minimum atomic E-state index is 0.928. The van der Waals surface area contributed by atoms with Crippen LogP contribution in [0, 0.1) is 0 Å². The average Bonchev–Trinajstić information content (AvgIpc) is 3.27. The largest absolute Gasteiger partial charge is 0.346 e. The zero-order chi connectivity index (χ0) is 17.8. The first-order chi connectivity index (χ1) is 12.8. The number of imidazole rings is 1. The molecule has 1 aromatic heterocycles. The molecule has 0 aliphatic carbocycles. The molecule has 2 aromatic carbocycles. The lowest BCUT2D eigenvalue weighted by molar-refractivity contribution is 0.459. The van der Waals surface area contributed by atoms with Gasteiger partial charge < -0.3 is 9.88 Å². The van der Waals surface area contributed by atoms with E-state index in [2.05, 4.69) is 58.2 Å². The average molecular weight is 363 g/mol. The van der Waals surface area contributed by atoms with Crippen molar-refractivity contribution in [1.29, 1.82) is 0 Å². The predicted octanol–water partition coefficient (Wildman–Crippen LogP) is 5.44. The molecule has 0 radical (unpaired) electrons. The second-order valence-electron chi connectivity index (χ2n) is 6.40. The lowest BCUT2D eigenvalue weighted by Crippen LogP contribution is -2.25. The van der Waals surface area contributed by atoms with Crippen LogP contribution in [0.4, 0.5) is 5.69 Å². The molecule has 0 atom stereocenters. The SMILES string of the molecule is CCCCN1C/C(=C/c2ccc3nc[nH]c3c2)SC1=Nc1ccccc1. The van der Waals surface area contributed by atoms with Gasteiger partial charge in [0, 0.05) is 11.4 Å². The molecule has 26 heavy (non-hydrogen) atoms. The number of hydrogen-bond donors (Lipinski definition) is 1. The summed E-state index contributed by atoms with van der Waals surface area (Å²) in [4.78, 5) is 16.1. The highest BCUT2D eigenvalue weighted by Crippen LogP contribution is 2.33. The number of aromatic nitrogens is 2. The van der Waals surface area contributed by atoms with Gasteiger partial charge in [-0.2, -0.15) is 0 Å². The Labute approximate surface area is 158 Å². The molecule has 1 aliphatic rings. The van der Waals surface area contributed by atoms with Crippen LogP contribution < -0.4 is 0 Å². The fourth-order valence-corrected chi connectivity index (χ4v) is 4.09. The van der Waals surface area contributed by atoms with Crippen LogP contribution in [0.3, 0.4) is 0 Å². The number of aliphatic imine (C=N–C) groups is 1. The molecule has 0 bridgehead atoms. The van der Waals surface area contributed by atoms with Crippen LogP contribution in [-0.4, -0.2) is 33.1 Å². The van der Waals surface area contributed by atoms with Crippen LogP contribution in [0.5, 0.6) is 0 Å². The van der Waals surface area contributed by atoms with Gasteiger partial charge in [0.25, 0.3) is 0 Å². The molecule has 1 fully saturated rings. The van der Waals surface area contributed by atoms with Crippen molar-refractivity contribution >= 4 is 39.7 Å². The summed E-state index contributed by atoms with van der Waals surface area (Å²) in [6, 6.07) is 16.5. The molecule has 0 unspecified atom stereocenters. The van der Waals surface area contributed by atoms with Crippen molar-refractivity contribution in [3.63, 3.8) is 0 Å². The Hall–Kier alpha value is -2.53. The lowest BCUT2D eigenvalue weighted by Gasteiger charge is -2.16. The molecule has 4 nitrogen and oxygen atoms in total. The molecule has 4 rings (SSSR count). The molecule has 5 heteroatoms. The fraction of sp³-hybridized carbons (Fsp3) is 0.238. The van der Waals surface area contributed by atoms with Gasteiger partial charge in [-0.3, -0.25) is 0 Å². The summed E-state index contributed by atoms with van der Waals surface area (Å²) < 4.78 is 0. The monoisotopic (exact) mass is 362 g/mol. The van der Waals surface area contributed by atoms with E-state index in [9.17, 15) is 0 Å². The molecule has 1 N–H and O–H groups in total. The number of unbranched alkanes of at least 4 members (excludes halogenated alkanes) is 1. The Morgan fingerprint density at radius 2 is 2.12 bits per heavy atom. The Bertz CT molecular complexity index is 943. The van der Waals surface area contributed by atoms with Crippen LogP contribution in [-0.2, 0) is 0 Å². The van der Waals surface area contributed by atoms with E-state index in [0.717, 1.165) is 35.0 Å². The van der Waals surface area contributed by atoms with Crippen LogP contribution in [0.1, 0.15) is 25.3 Å². The summed E-state index contributed by atoms with van der Waals surface area (Å²) >= 11 is 1.78. The second-order valence-corrected chi connectivity index (χ2v) is 7.49. The van der Waals surface area contributed by atoms with Crippen molar-refractivity contribution in [1.82, 2.24) is 14.9 Å². The van der Waals surface area contributed by atoms with Crippen molar-refractivity contribution in [2.45, 2.75) is 19.8 Å². The number of fused-ring (bicyclic) bond motifs is 1. The minimum absolute atomic E-state index is 0.928. The molecule has 2 heterocycles. The van der Waals surface area contributed by atoms with Gasteiger partial charge in [0.1, 0.15) is 0 Å². The first-order valence-electron chi connectivity index (χ1n) is 9.02. The molecule has 1 aliphatic heterocycles. The number of para-hydroxylation sites is 1. The normalized spacial score (nSPS) is 17.7. The number of rotatable bonds is 5. The third-order valence-electron chi connectivity index (χ3n) is 4.37. The van der Waals surface area contributed by atoms with Crippen molar-refractivity contribution in [2.24, 2.45) is 4.99 Å². The van der Waals surface area contributed by atoms with Gasteiger partial charge in [-0.25, -0.2) is 9.98 Å². The van der Waals surface area contributed by atoms with E-state index in [0.29, 0.717) is 0 Å². The van der Waals surface area contributed by atoms with Gasteiger partial charge in [0.15, 0.2) is 5.17 Å². The quantitative estimate of drug-likeness (QED) is 0.657. The highest BCUT2D eigenvalue weighted by Gasteiger charge is 2.23. The summed E-state index contributed by atoms with van der Waals surface area (Å²) in [6.07, 6.45) is 6.37.